The lowest BCUT2D eigenvalue weighted by Crippen LogP contribution is -2.13. The van der Waals surface area contributed by atoms with Gasteiger partial charge in [0.25, 0.3) is 0 Å². The average molecular weight is 334 g/mol. The van der Waals surface area contributed by atoms with E-state index in [-0.39, 0.29) is 11.5 Å². The predicted molar refractivity (Wildman–Crippen MR) is 69.2 cm³/mol. The molecule has 0 saturated heterocycles. The van der Waals surface area contributed by atoms with E-state index >= 15 is 0 Å². The smallest absolute Gasteiger partial charge is 0.0812 e. The van der Waals surface area contributed by atoms with E-state index in [9.17, 15) is 5.11 Å². The van der Waals surface area contributed by atoms with Gasteiger partial charge in [0.05, 0.1) is 6.10 Å². The first-order valence-electron chi connectivity index (χ1n) is 5.01. The van der Waals surface area contributed by atoms with Gasteiger partial charge in [-0.2, -0.15) is 0 Å². The molecule has 1 aromatic rings. The zero-order valence-corrected chi connectivity index (χ0v) is 12.2. The van der Waals surface area contributed by atoms with Gasteiger partial charge in [0.15, 0.2) is 0 Å². The highest BCUT2D eigenvalue weighted by Gasteiger charge is 2.39. The Labute approximate surface area is 107 Å². The third kappa shape index (κ3) is 1.69. The Hall–Kier alpha value is 0.140. The molecule has 0 aromatic heterocycles. The minimum Gasteiger partial charge on any atom is -0.388 e. The van der Waals surface area contributed by atoms with Crippen LogP contribution in [0.5, 0.6) is 0 Å². The molecular formula is C12H14Br2O. The number of aryl methyl sites for hydroxylation is 1. The molecule has 1 nitrogen and oxygen atoms in total. The van der Waals surface area contributed by atoms with Crippen LogP contribution in [0.4, 0.5) is 0 Å². The second kappa shape index (κ2) is 3.57. The standard InChI is InChI=1S/C12H14Br2O/c1-6-4-7(13)10-9(11(6)14)8(15)5-12(10,2)3/h4,8,15H,5H2,1-3H3/t8-/m0/s1. The first kappa shape index (κ1) is 11.6. The zero-order chi connectivity index (χ0) is 11.4. The van der Waals surface area contributed by atoms with Gasteiger partial charge >= 0.3 is 0 Å². The third-order valence-electron chi connectivity index (χ3n) is 3.15. The maximum absolute atomic E-state index is 10.1. The van der Waals surface area contributed by atoms with Crippen molar-refractivity contribution in [3.8, 4) is 0 Å². The first-order chi connectivity index (χ1) is 6.84. The van der Waals surface area contributed by atoms with Gasteiger partial charge in [0.1, 0.15) is 0 Å². The monoisotopic (exact) mass is 332 g/mol. The van der Waals surface area contributed by atoms with E-state index in [2.05, 4.69) is 51.8 Å². The molecule has 15 heavy (non-hydrogen) atoms. The summed E-state index contributed by atoms with van der Waals surface area (Å²) in [7, 11) is 0. The Kier molecular flexibility index (Phi) is 2.77. The van der Waals surface area contributed by atoms with E-state index in [1.807, 2.05) is 6.92 Å². The maximum Gasteiger partial charge on any atom is 0.0812 e. The fraction of sp³-hybridized carbons (Fsp3) is 0.500. The molecule has 0 unspecified atom stereocenters. The molecule has 1 N–H and O–H groups in total. The number of benzene rings is 1. The topological polar surface area (TPSA) is 20.2 Å². The number of halogens is 2. The van der Waals surface area contributed by atoms with Gasteiger partial charge in [-0.15, -0.1) is 0 Å². The third-order valence-corrected chi connectivity index (χ3v) is 4.83. The van der Waals surface area contributed by atoms with Crippen LogP contribution < -0.4 is 0 Å². The average Bonchev–Trinajstić information content (AvgIpc) is 2.32. The Balaban J connectivity index is 2.78. The van der Waals surface area contributed by atoms with Crippen LogP contribution in [-0.2, 0) is 5.41 Å². The van der Waals surface area contributed by atoms with Crippen molar-refractivity contribution >= 4 is 31.9 Å². The molecule has 0 radical (unpaired) electrons. The van der Waals surface area contributed by atoms with Crippen molar-refractivity contribution in [1.29, 1.82) is 0 Å². The minimum atomic E-state index is -0.347. The second-order valence-electron chi connectivity index (χ2n) is 4.88. The minimum absolute atomic E-state index is 0.0454. The number of fused-ring (bicyclic) bond motifs is 1. The molecule has 0 saturated carbocycles. The lowest BCUT2D eigenvalue weighted by atomic mass is 9.86. The lowest BCUT2D eigenvalue weighted by Gasteiger charge is -2.20. The summed E-state index contributed by atoms with van der Waals surface area (Å²) in [6.45, 7) is 6.40. The molecule has 1 aliphatic rings. The molecule has 1 atom stereocenters. The van der Waals surface area contributed by atoms with Gasteiger partial charge in [-0.25, -0.2) is 0 Å². The lowest BCUT2D eigenvalue weighted by molar-refractivity contribution is 0.161. The molecule has 1 aromatic carbocycles. The maximum atomic E-state index is 10.1. The van der Waals surface area contributed by atoms with Crippen molar-refractivity contribution in [1.82, 2.24) is 0 Å². The van der Waals surface area contributed by atoms with Crippen LogP contribution in [-0.4, -0.2) is 5.11 Å². The second-order valence-corrected chi connectivity index (χ2v) is 6.53. The molecule has 0 aliphatic heterocycles. The molecule has 0 fully saturated rings. The predicted octanol–water partition coefficient (Wildman–Crippen LogP) is 4.23. The van der Waals surface area contributed by atoms with Crippen LogP contribution in [0.1, 0.15) is 43.1 Å². The highest BCUT2D eigenvalue weighted by Crippen LogP contribution is 2.51. The Morgan fingerprint density at radius 2 is 2.00 bits per heavy atom. The fourth-order valence-electron chi connectivity index (χ4n) is 2.46. The first-order valence-corrected chi connectivity index (χ1v) is 6.60. The van der Waals surface area contributed by atoms with Crippen molar-refractivity contribution < 1.29 is 5.11 Å². The molecule has 2 rings (SSSR count). The SMILES string of the molecule is Cc1cc(Br)c2c(c1Br)[C@@H](O)CC2(C)C. The summed E-state index contributed by atoms with van der Waals surface area (Å²) in [5, 5.41) is 10.1. The molecule has 82 valence electrons. The molecule has 3 heteroatoms. The van der Waals surface area contributed by atoms with E-state index in [0.29, 0.717) is 0 Å². The van der Waals surface area contributed by atoms with Gasteiger partial charge in [-0.1, -0.05) is 45.7 Å². The highest BCUT2D eigenvalue weighted by atomic mass is 79.9. The normalized spacial score (nSPS) is 22.9. The molecule has 0 bridgehead atoms. The van der Waals surface area contributed by atoms with Crippen molar-refractivity contribution in [2.75, 3.05) is 0 Å². The summed E-state index contributed by atoms with van der Waals surface area (Å²) in [4.78, 5) is 0. The van der Waals surface area contributed by atoms with Crippen molar-refractivity contribution in [3.05, 3.63) is 31.7 Å². The van der Waals surface area contributed by atoms with Crippen LogP contribution >= 0.6 is 31.9 Å². The number of hydrogen-bond acceptors (Lipinski definition) is 1. The largest absolute Gasteiger partial charge is 0.388 e. The van der Waals surface area contributed by atoms with Crippen LogP contribution in [0.3, 0.4) is 0 Å². The van der Waals surface area contributed by atoms with Gasteiger partial charge in [0, 0.05) is 8.95 Å². The molecular weight excluding hydrogens is 320 g/mol. The summed E-state index contributed by atoms with van der Waals surface area (Å²) < 4.78 is 2.17. The van der Waals surface area contributed by atoms with Gasteiger partial charge in [-0.3, -0.25) is 0 Å². The van der Waals surface area contributed by atoms with E-state index < -0.39 is 0 Å². The van der Waals surface area contributed by atoms with Crippen molar-refractivity contribution in [2.45, 2.75) is 38.7 Å². The summed E-state index contributed by atoms with van der Waals surface area (Å²) >= 11 is 7.18. The van der Waals surface area contributed by atoms with Crippen LogP contribution in [0.25, 0.3) is 0 Å². The van der Waals surface area contributed by atoms with E-state index in [1.54, 1.807) is 0 Å². The Morgan fingerprint density at radius 1 is 1.40 bits per heavy atom. The van der Waals surface area contributed by atoms with Gasteiger partial charge in [-0.05, 0) is 41.5 Å². The fourth-order valence-corrected chi connectivity index (χ4v) is 4.14. The van der Waals surface area contributed by atoms with Crippen molar-refractivity contribution in [3.63, 3.8) is 0 Å². The molecule has 0 amide bonds. The molecule has 0 spiro atoms. The van der Waals surface area contributed by atoms with Crippen molar-refractivity contribution in [2.24, 2.45) is 0 Å². The quantitative estimate of drug-likeness (QED) is 0.753. The molecule has 0 heterocycles. The van der Waals surface area contributed by atoms with Gasteiger partial charge < -0.3 is 5.11 Å². The van der Waals surface area contributed by atoms with Crippen LogP contribution in [0.2, 0.25) is 0 Å². The van der Waals surface area contributed by atoms with E-state index in [0.717, 1.165) is 26.5 Å². The highest BCUT2D eigenvalue weighted by molar-refractivity contribution is 9.11. The molecule has 1 aliphatic carbocycles. The number of aliphatic hydroxyl groups excluding tert-OH is 1. The summed E-state index contributed by atoms with van der Waals surface area (Å²) in [5.41, 5.74) is 3.51. The van der Waals surface area contributed by atoms with E-state index in [4.69, 9.17) is 0 Å². The summed E-state index contributed by atoms with van der Waals surface area (Å²) in [6.07, 6.45) is 0.448. The number of aliphatic hydroxyl groups is 1. The van der Waals surface area contributed by atoms with Crippen LogP contribution in [0.15, 0.2) is 15.0 Å². The zero-order valence-electron chi connectivity index (χ0n) is 9.06. The number of rotatable bonds is 0. The Bertz CT molecular complexity index is 424. The van der Waals surface area contributed by atoms with Crippen LogP contribution in [0, 0.1) is 6.92 Å². The Morgan fingerprint density at radius 3 is 2.60 bits per heavy atom. The number of hydrogen-bond donors (Lipinski definition) is 1. The van der Waals surface area contributed by atoms with Gasteiger partial charge in [0.2, 0.25) is 0 Å². The summed E-state index contributed by atoms with van der Waals surface area (Å²) in [5.74, 6) is 0. The summed E-state index contributed by atoms with van der Waals surface area (Å²) in [6, 6.07) is 2.11. The van der Waals surface area contributed by atoms with E-state index in [1.165, 1.54) is 5.56 Å².